The first-order chi connectivity index (χ1) is 14.8. The van der Waals surface area contributed by atoms with Crippen molar-refractivity contribution in [3.8, 4) is 0 Å². The average Bonchev–Trinajstić information content (AvgIpc) is 2.64. The van der Waals surface area contributed by atoms with E-state index in [-0.39, 0.29) is 12.8 Å². The van der Waals surface area contributed by atoms with Crippen LogP contribution in [-0.2, 0) is 33.3 Å². The van der Waals surface area contributed by atoms with E-state index in [2.05, 4.69) is 13.2 Å². The molecule has 0 aliphatic carbocycles. The Kier molecular flexibility index (Phi) is 10.8. The number of rotatable bonds is 8. The molecule has 0 bridgehead atoms. The third-order valence-electron chi connectivity index (χ3n) is 4.41. The molecule has 0 aromatic rings. The lowest BCUT2D eigenvalue weighted by Gasteiger charge is -2.50. The summed E-state index contributed by atoms with van der Waals surface area (Å²) in [6, 6.07) is -1.80. The molecule has 9 nitrogen and oxygen atoms in total. The van der Waals surface area contributed by atoms with Gasteiger partial charge in [0.1, 0.15) is 6.61 Å². The molecule has 0 aromatic heterocycles. The van der Waals surface area contributed by atoms with Gasteiger partial charge in [-0.15, -0.1) is 13.2 Å². The van der Waals surface area contributed by atoms with Gasteiger partial charge in [0, 0.05) is 20.8 Å². The first-order valence-corrected chi connectivity index (χ1v) is 10.7. The van der Waals surface area contributed by atoms with Gasteiger partial charge in [-0.3, -0.25) is 19.3 Å². The number of esters is 3. The Bertz CT molecular complexity index is 701. The molecule has 1 unspecified atom stereocenters. The normalized spacial score (nSPS) is 25.3. The first kappa shape index (κ1) is 28.1. The molecule has 1 aliphatic rings. The monoisotopic (exact) mass is 513 g/mol. The standard InChI is InChI=1S/C20H26Cl3NO8/c1-6-8-14-16(30-11(3)25)18(32-13(5)27)17(31-12(4)26)15(9-7-2)24(14)19(28)29-10-20(21,22)23/h6-7,14-18H,1-2,8-10H2,3-5H3/t14-,15+,16-,17+,18?. The molecule has 0 saturated carbocycles. The zero-order chi connectivity index (χ0) is 24.6. The van der Waals surface area contributed by atoms with Crippen LogP contribution < -0.4 is 0 Å². The summed E-state index contributed by atoms with van der Waals surface area (Å²) in [7, 11) is 0. The van der Waals surface area contributed by atoms with Crippen molar-refractivity contribution in [2.24, 2.45) is 0 Å². The van der Waals surface area contributed by atoms with E-state index in [1.165, 1.54) is 17.1 Å². The van der Waals surface area contributed by atoms with E-state index in [4.69, 9.17) is 53.8 Å². The van der Waals surface area contributed by atoms with Gasteiger partial charge < -0.3 is 18.9 Å². The minimum Gasteiger partial charge on any atom is -0.456 e. The largest absolute Gasteiger partial charge is 0.456 e. The minimum absolute atomic E-state index is 0.110. The maximum Gasteiger partial charge on any atom is 0.410 e. The van der Waals surface area contributed by atoms with Crippen LogP contribution in [0.5, 0.6) is 0 Å². The molecule has 5 atom stereocenters. The zero-order valence-corrected chi connectivity index (χ0v) is 20.2. The number of nitrogens with zero attached hydrogens (tertiary/aromatic N) is 1. The second-order valence-electron chi connectivity index (χ2n) is 6.98. The van der Waals surface area contributed by atoms with Crippen LogP contribution in [0.15, 0.2) is 25.3 Å². The zero-order valence-electron chi connectivity index (χ0n) is 17.9. The fourth-order valence-corrected chi connectivity index (χ4v) is 3.68. The molecule has 180 valence electrons. The van der Waals surface area contributed by atoms with Crippen LogP contribution in [0.3, 0.4) is 0 Å². The summed E-state index contributed by atoms with van der Waals surface area (Å²) in [5.74, 6) is -2.12. The molecule has 32 heavy (non-hydrogen) atoms. The summed E-state index contributed by atoms with van der Waals surface area (Å²) in [6.45, 7) is 10.2. The number of piperidine rings is 1. The van der Waals surface area contributed by atoms with Crippen LogP contribution >= 0.6 is 34.8 Å². The van der Waals surface area contributed by atoms with Gasteiger partial charge in [-0.1, -0.05) is 47.0 Å². The summed E-state index contributed by atoms with van der Waals surface area (Å²) in [5.41, 5.74) is 0. The molecule has 0 aromatic carbocycles. The maximum atomic E-state index is 13.1. The van der Waals surface area contributed by atoms with Crippen LogP contribution in [-0.4, -0.2) is 69.7 Å². The molecule has 1 rings (SSSR count). The number of hydrogen-bond donors (Lipinski definition) is 0. The number of amides is 1. The van der Waals surface area contributed by atoms with Gasteiger partial charge in [0.05, 0.1) is 12.1 Å². The Morgan fingerprint density at radius 2 is 1.19 bits per heavy atom. The summed E-state index contributed by atoms with van der Waals surface area (Å²) < 4.78 is 19.5. The van der Waals surface area contributed by atoms with Crippen molar-refractivity contribution in [2.45, 2.75) is 67.8 Å². The number of ether oxygens (including phenoxy) is 4. The van der Waals surface area contributed by atoms with E-state index < -0.39 is 64.8 Å². The van der Waals surface area contributed by atoms with E-state index in [1.807, 2.05) is 0 Å². The maximum absolute atomic E-state index is 13.1. The summed E-state index contributed by atoms with van der Waals surface area (Å²) in [5, 5.41) is 0. The second-order valence-corrected chi connectivity index (χ2v) is 9.50. The topological polar surface area (TPSA) is 108 Å². The molecular formula is C20H26Cl3NO8. The van der Waals surface area contributed by atoms with Crippen molar-refractivity contribution >= 4 is 58.8 Å². The Morgan fingerprint density at radius 3 is 1.50 bits per heavy atom. The molecule has 1 fully saturated rings. The third-order valence-corrected chi connectivity index (χ3v) is 4.74. The van der Waals surface area contributed by atoms with Crippen LogP contribution in [0.4, 0.5) is 4.79 Å². The number of likely N-dealkylation sites (tertiary alicyclic amines) is 1. The smallest absolute Gasteiger partial charge is 0.410 e. The van der Waals surface area contributed by atoms with Crippen molar-refractivity contribution in [3.05, 3.63) is 25.3 Å². The number of halogens is 3. The molecule has 0 spiro atoms. The van der Waals surface area contributed by atoms with Crippen molar-refractivity contribution in [3.63, 3.8) is 0 Å². The fraction of sp³-hybridized carbons (Fsp3) is 0.600. The Hall–Kier alpha value is -1.97. The highest BCUT2D eigenvalue weighted by atomic mass is 35.6. The van der Waals surface area contributed by atoms with Crippen LogP contribution in [0.2, 0.25) is 0 Å². The number of carbonyl (C=O) groups is 4. The Balaban J connectivity index is 3.60. The van der Waals surface area contributed by atoms with Gasteiger partial charge in [0.15, 0.2) is 18.3 Å². The molecule has 1 aliphatic heterocycles. The van der Waals surface area contributed by atoms with Crippen molar-refractivity contribution in [1.82, 2.24) is 4.90 Å². The highest BCUT2D eigenvalue weighted by Gasteiger charge is 2.55. The van der Waals surface area contributed by atoms with Crippen molar-refractivity contribution in [1.29, 1.82) is 0 Å². The number of hydrogen-bond acceptors (Lipinski definition) is 8. The van der Waals surface area contributed by atoms with Crippen LogP contribution in [0.1, 0.15) is 33.6 Å². The predicted octanol–water partition coefficient (Wildman–Crippen LogP) is 3.49. The van der Waals surface area contributed by atoms with E-state index in [0.29, 0.717) is 0 Å². The minimum atomic E-state index is -1.88. The van der Waals surface area contributed by atoms with E-state index in [9.17, 15) is 19.2 Å². The lowest BCUT2D eigenvalue weighted by molar-refractivity contribution is -0.210. The first-order valence-electron chi connectivity index (χ1n) is 9.57. The third kappa shape index (κ3) is 8.18. The van der Waals surface area contributed by atoms with E-state index in [0.717, 1.165) is 20.8 Å². The molecule has 1 saturated heterocycles. The Labute approximate surface area is 201 Å². The summed E-state index contributed by atoms with van der Waals surface area (Å²) >= 11 is 17.1. The lowest BCUT2D eigenvalue weighted by atomic mass is 9.84. The fourth-order valence-electron chi connectivity index (χ4n) is 3.51. The molecular weight excluding hydrogens is 489 g/mol. The SMILES string of the molecule is C=CC[C@@H]1[C@@H](OC(C)=O)C(OC(C)=O)[C@@H](OC(C)=O)[C@H](CC=C)N1C(=O)OCC(Cl)(Cl)Cl. The summed E-state index contributed by atoms with van der Waals surface area (Å²) in [4.78, 5) is 49.9. The number of carbonyl (C=O) groups excluding carboxylic acids is 4. The van der Waals surface area contributed by atoms with Crippen molar-refractivity contribution in [2.75, 3.05) is 6.61 Å². The highest BCUT2D eigenvalue weighted by molar-refractivity contribution is 6.67. The predicted molar refractivity (Wildman–Crippen MR) is 117 cm³/mol. The van der Waals surface area contributed by atoms with Crippen LogP contribution in [0.25, 0.3) is 0 Å². The molecule has 12 heteroatoms. The summed E-state index contributed by atoms with van der Waals surface area (Å²) in [6.07, 6.45) is -1.37. The quantitative estimate of drug-likeness (QED) is 0.210. The molecule has 0 N–H and O–H groups in total. The second kappa shape index (κ2) is 12.3. The highest BCUT2D eigenvalue weighted by Crippen LogP contribution is 2.35. The van der Waals surface area contributed by atoms with Gasteiger partial charge in [-0.05, 0) is 12.8 Å². The lowest BCUT2D eigenvalue weighted by Crippen LogP contribution is -2.69. The average molecular weight is 515 g/mol. The van der Waals surface area contributed by atoms with Crippen molar-refractivity contribution < 1.29 is 38.1 Å². The van der Waals surface area contributed by atoms with Gasteiger partial charge in [0.25, 0.3) is 0 Å². The van der Waals surface area contributed by atoms with Gasteiger partial charge in [-0.2, -0.15) is 0 Å². The van der Waals surface area contributed by atoms with Gasteiger partial charge >= 0.3 is 24.0 Å². The van der Waals surface area contributed by atoms with E-state index in [1.54, 1.807) is 0 Å². The molecule has 1 heterocycles. The molecule has 0 radical (unpaired) electrons. The van der Waals surface area contributed by atoms with Gasteiger partial charge in [-0.25, -0.2) is 4.79 Å². The van der Waals surface area contributed by atoms with Gasteiger partial charge in [0.2, 0.25) is 3.79 Å². The number of alkyl halides is 3. The Morgan fingerprint density at radius 1 is 0.812 bits per heavy atom. The molecule has 1 amide bonds. The van der Waals surface area contributed by atoms with E-state index >= 15 is 0 Å². The van der Waals surface area contributed by atoms with Crippen LogP contribution in [0, 0.1) is 0 Å².